The highest BCUT2D eigenvalue weighted by molar-refractivity contribution is 9.11. The minimum atomic E-state index is -3.57. The van der Waals surface area contributed by atoms with Crippen LogP contribution in [0.2, 0.25) is 0 Å². The molecule has 0 atom stereocenters. The molecular weight excluding hydrogens is 362 g/mol. The summed E-state index contributed by atoms with van der Waals surface area (Å²) in [6, 6.07) is 8.49. The molecule has 1 aromatic carbocycles. The van der Waals surface area contributed by atoms with Gasteiger partial charge in [-0.2, -0.15) is 0 Å². The highest BCUT2D eigenvalue weighted by atomic mass is 79.9. The SMILES string of the molecule is Cc1ccc(S(=O)(=O)NCc2ccc(Br)s2)cc1CO. The van der Waals surface area contributed by atoms with Crippen LogP contribution in [-0.2, 0) is 23.2 Å². The largest absolute Gasteiger partial charge is 0.392 e. The van der Waals surface area contributed by atoms with Crippen LogP contribution in [0.5, 0.6) is 0 Å². The van der Waals surface area contributed by atoms with Gasteiger partial charge in [0.05, 0.1) is 15.3 Å². The number of halogens is 1. The first-order valence-corrected chi connectivity index (χ1v) is 8.96. The Morgan fingerprint density at radius 1 is 1.30 bits per heavy atom. The molecule has 108 valence electrons. The van der Waals surface area contributed by atoms with Crippen molar-refractivity contribution in [2.45, 2.75) is 25.0 Å². The quantitative estimate of drug-likeness (QED) is 0.844. The van der Waals surface area contributed by atoms with Gasteiger partial charge in [-0.15, -0.1) is 11.3 Å². The van der Waals surface area contributed by atoms with Gasteiger partial charge in [0.25, 0.3) is 0 Å². The van der Waals surface area contributed by atoms with Gasteiger partial charge in [0.1, 0.15) is 0 Å². The van der Waals surface area contributed by atoms with E-state index in [1.165, 1.54) is 17.4 Å². The third kappa shape index (κ3) is 3.67. The molecule has 0 fully saturated rings. The molecule has 0 aliphatic carbocycles. The standard InChI is InChI=1S/C13H14BrNO3S2/c1-9-2-4-12(6-10(9)8-16)20(17,18)15-7-11-3-5-13(14)19-11/h2-6,15-16H,7-8H2,1H3. The zero-order chi connectivity index (χ0) is 14.8. The zero-order valence-electron chi connectivity index (χ0n) is 10.8. The van der Waals surface area contributed by atoms with Crippen LogP contribution >= 0.6 is 27.3 Å². The molecule has 0 unspecified atom stereocenters. The van der Waals surface area contributed by atoms with Gasteiger partial charge in [0.15, 0.2) is 0 Å². The van der Waals surface area contributed by atoms with Gasteiger partial charge in [0, 0.05) is 11.4 Å². The molecule has 0 radical (unpaired) electrons. The van der Waals surface area contributed by atoms with Crippen LogP contribution in [-0.4, -0.2) is 13.5 Å². The van der Waals surface area contributed by atoms with E-state index in [2.05, 4.69) is 20.7 Å². The van der Waals surface area contributed by atoms with E-state index in [0.29, 0.717) is 5.56 Å². The van der Waals surface area contributed by atoms with Crippen LogP contribution in [0.3, 0.4) is 0 Å². The summed E-state index contributed by atoms with van der Waals surface area (Å²) in [6.45, 7) is 1.91. The monoisotopic (exact) mass is 375 g/mol. The second kappa shape index (κ2) is 6.36. The number of hydrogen-bond acceptors (Lipinski definition) is 4. The van der Waals surface area contributed by atoms with Crippen LogP contribution < -0.4 is 4.72 Å². The Labute approximate surface area is 130 Å². The number of aliphatic hydroxyl groups is 1. The normalized spacial score (nSPS) is 11.8. The summed E-state index contributed by atoms with van der Waals surface area (Å²) in [5, 5.41) is 9.20. The number of thiophene rings is 1. The minimum absolute atomic E-state index is 0.169. The maximum atomic E-state index is 12.2. The van der Waals surface area contributed by atoms with E-state index in [4.69, 9.17) is 0 Å². The summed E-state index contributed by atoms with van der Waals surface area (Å²) in [4.78, 5) is 1.10. The molecule has 2 aromatic rings. The Morgan fingerprint density at radius 3 is 2.65 bits per heavy atom. The molecule has 1 heterocycles. The van der Waals surface area contributed by atoms with Crippen LogP contribution in [0.25, 0.3) is 0 Å². The van der Waals surface area contributed by atoms with Crippen LogP contribution in [0.15, 0.2) is 39.0 Å². The fourth-order valence-corrected chi connectivity index (χ4v) is 4.25. The molecule has 0 saturated carbocycles. The fraction of sp³-hybridized carbons (Fsp3) is 0.231. The van der Waals surface area contributed by atoms with Gasteiger partial charge in [-0.1, -0.05) is 6.07 Å². The summed E-state index contributed by atoms with van der Waals surface area (Å²) in [5.41, 5.74) is 1.49. The van der Waals surface area contributed by atoms with E-state index in [-0.39, 0.29) is 18.0 Å². The smallest absolute Gasteiger partial charge is 0.240 e. The molecule has 0 bridgehead atoms. The molecule has 20 heavy (non-hydrogen) atoms. The Balaban J connectivity index is 2.17. The molecule has 1 aromatic heterocycles. The lowest BCUT2D eigenvalue weighted by Gasteiger charge is -2.08. The first kappa shape index (κ1) is 15.7. The van der Waals surface area contributed by atoms with E-state index in [1.807, 2.05) is 19.1 Å². The van der Waals surface area contributed by atoms with E-state index in [0.717, 1.165) is 14.2 Å². The van der Waals surface area contributed by atoms with Gasteiger partial charge in [-0.3, -0.25) is 0 Å². The Bertz CT molecular complexity index is 710. The number of nitrogens with one attached hydrogen (secondary N) is 1. The molecule has 2 N–H and O–H groups in total. The lowest BCUT2D eigenvalue weighted by Crippen LogP contribution is -2.23. The Kier molecular flexibility index (Phi) is 4.98. The minimum Gasteiger partial charge on any atom is -0.392 e. The highest BCUT2D eigenvalue weighted by Gasteiger charge is 2.15. The van der Waals surface area contributed by atoms with Crippen molar-refractivity contribution in [2.75, 3.05) is 0 Å². The zero-order valence-corrected chi connectivity index (χ0v) is 14.0. The number of rotatable bonds is 5. The van der Waals surface area contributed by atoms with E-state index in [1.54, 1.807) is 12.1 Å². The summed E-state index contributed by atoms with van der Waals surface area (Å²) >= 11 is 4.82. The van der Waals surface area contributed by atoms with Crippen molar-refractivity contribution in [2.24, 2.45) is 0 Å². The lowest BCUT2D eigenvalue weighted by molar-refractivity contribution is 0.280. The second-order valence-corrected chi connectivity index (χ2v) is 8.59. The van der Waals surface area contributed by atoms with Gasteiger partial charge in [-0.25, -0.2) is 13.1 Å². The number of aryl methyl sites for hydroxylation is 1. The van der Waals surface area contributed by atoms with Crippen molar-refractivity contribution in [1.82, 2.24) is 4.72 Å². The van der Waals surface area contributed by atoms with Crippen LogP contribution in [0, 0.1) is 6.92 Å². The van der Waals surface area contributed by atoms with E-state index < -0.39 is 10.0 Å². The number of benzene rings is 1. The molecule has 4 nitrogen and oxygen atoms in total. The van der Waals surface area contributed by atoms with E-state index in [9.17, 15) is 13.5 Å². The first-order chi connectivity index (χ1) is 9.42. The van der Waals surface area contributed by atoms with Crippen molar-refractivity contribution in [1.29, 1.82) is 0 Å². The second-order valence-electron chi connectivity index (χ2n) is 4.28. The van der Waals surface area contributed by atoms with Crippen LogP contribution in [0.1, 0.15) is 16.0 Å². The molecule has 0 aliphatic heterocycles. The van der Waals surface area contributed by atoms with Crippen molar-refractivity contribution in [3.63, 3.8) is 0 Å². The molecule has 0 saturated heterocycles. The van der Waals surface area contributed by atoms with Gasteiger partial charge < -0.3 is 5.11 Å². The van der Waals surface area contributed by atoms with Crippen LogP contribution in [0.4, 0.5) is 0 Å². The molecular formula is C13H14BrNO3S2. The van der Waals surface area contributed by atoms with Crippen molar-refractivity contribution in [3.8, 4) is 0 Å². The van der Waals surface area contributed by atoms with Crippen molar-refractivity contribution in [3.05, 3.63) is 50.1 Å². The van der Waals surface area contributed by atoms with Gasteiger partial charge >= 0.3 is 0 Å². The lowest BCUT2D eigenvalue weighted by atomic mass is 10.1. The fourth-order valence-electron chi connectivity index (χ4n) is 1.68. The van der Waals surface area contributed by atoms with E-state index >= 15 is 0 Å². The predicted octanol–water partition coefficient (Wildman–Crippen LogP) is 2.79. The summed E-state index contributed by atoms with van der Waals surface area (Å²) in [6.07, 6.45) is 0. The third-order valence-electron chi connectivity index (χ3n) is 2.87. The molecule has 0 amide bonds. The average molecular weight is 376 g/mol. The van der Waals surface area contributed by atoms with Crippen molar-refractivity contribution >= 4 is 37.3 Å². The van der Waals surface area contributed by atoms with Crippen molar-refractivity contribution < 1.29 is 13.5 Å². The summed E-state index contributed by atoms with van der Waals surface area (Å²) in [7, 11) is -3.57. The first-order valence-electron chi connectivity index (χ1n) is 5.86. The Morgan fingerprint density at radius 2 is 2.05 bits per heavy atom. The maximum Gasteiger partial charge on any atom is 0.240 e. The topological polar surface area (TPSA) is 66.4 Å². The number of hydrogen-bond donors (Lipinski definition) is 2. The van der Waals surface area contributed by atoms with Gasteiger partial charge in [0.2, 0.25) is 10.0 Å². The Hall–Kier alpha value is -0.730. The highest BCUT2D eigenvalue weighted by Crippen LogP contribution is 2.22. The summed E-state index contributed by atoms with van der Waals surface area (Å²) in [5.74, 6) is 0. The molecule has 2 rings (SSSR count). The number of aliphatic hydroxyl groups excluding tert-OH is 1. The third-order valence-corrected chi connectivity index (χ3v) is 5.89. The summed E-state index contributed by atoms with van der Waals surface area (Å²) < 4.78 is 27.9. The van der Waals surface area contributed by atoms with Gasteiger partial charge in [-0.05, 0) is 58.2 Å². The molecule has 0 aliphatic rings. The maximum absolute atomic E-state index is 12.2. The predicted molar refractivity (Wildman–Crippen MR) is 83.1 cm³/mol. The number of sulfonamides is 1. The average Bonchev–Trinajstić information content (AvgIpc) is 2.83. The molecule has 0 spiro atoms. The molecule has 7 heteroatoms.